The number of rotatable bonds is 2. The zero-order valence-electron chi connectivity index (χ0n) is 10.1. The Morgan fingerprint density at radius 3 is 2.71 bits per heavy atom. The molecule has 0 atom stereocenters. The van der Waals surface area contributed by atoms with Crippen LogP contribution in [0, 0.1) is 0 Å². The van der Waals surface area contributed by atoms with Crippen LogP contribution < -0.4 is 0 Å². The average molecular weight is 224 g/mol. The lowest BCUT2D eigenvalue weighted by Crippen LogP contribution is -2.00. The molecule has 1 aromatic rings. The van der Waals surface area contributed by atoms with Crippen molar-refractivity contribution in [1.29, 1.82) is 0 Å². The van der Waals surface area contributed by atoms with E-state index in [4.69, 9.17) is 0 Å². The molecular formula is C16H16O. The van der Waals surface area contributed by atoms with Crippen molar-refractivity contribution in [2.24, 2.45) is 0 Å². The van der Waals surface area contributed by atoms with Crippen molar-refractivity contribution in [3.8, 4) is 0 Å². The first-order chi connectivity index (χ1) is 8.26. The third-order valence-electron chi connectivity index (χ3n) is 3.24. The number of fused-ring (bicyclic) bond motifs is 1. The van der Waals surface area contributed by atoms with E-state index in [9.17, 15) is 4.79 Å². The number of aryl methyl sites for hydroxylation is 1. The van der Waals surface area contributed by atoms with Crippen LogP contribution in [0.25, 0.3) is 6.08 Å². The van der Waals surface area contributed by atoms with Crippen molar-refractivity contribution in [2.45, 2.75) is 19.8 Å². The summed E-state index contributed by atoms with van der Waals surface area (Å²) in [6, 6.07) is 8.23. The summed E-state index contributed by atoms with van der Waals surface area (Å²) in [5.41, 5.74) is 5.38. The number of aldehydes is 1. The molecule has 0 fully saturated rings. The standard InChI is InChI=1S/C16H16O/c1-3-16-12(2)8-9-13-6-4-5-7-14(13)10-15(16)11-17/h3-7,10-11H,1,8-9H2,2H3. The maximum Gasteiger partial charge on any atom is 0.150 e. The van der Waals surface area contributed by atoms with Crippen LogP contribution in [0.4, 0.5) is 0 Å². The van der Waals surface area contributed by atoms with Gasteiger partial charge >= 0.3 is 0 Å². The van der Waals surface area contributed by atoms with E-state index in [0.29, 0.717) is 0 Å². The van der Waals surface area contributed by atoms with Crippen LogP contribution in [-0.2, 0) is 11.2 Å². The molecule has 1 heteroatoms. The van der Waals surface area contributed by atoms with Gasteiger partial charge in [-0.25, -0.2) is 0 Å². The molecule has 0 spiro atoms. The van der Waals surface area contributed by atoms with Gasteiger partial charge in [0.1, 0.15) is 0 Å². The summed E-state index contributed by atoms with van der Waals surface area (Å²) in [6.45, 7) is 5.88. The molecule has 1 aromatic carbocycles. The second-order valence-electron chi connectivity index (χ2n) is 4.31. The van der Waals surface area contributed by atoms with Crippen molar-refractivity contribution >= 4 is 12.4 Å². The third-order valence-corrected chi connectivity index (χ3v) is 3.24. The molecule has 0 radical (unpaired) electrons. The van der Waals surface area contributed by atoms with Gasteiger partial charge in [-0.15, -0.1) is 0 Å². The fourth-order valence-electron chi connectivity index (χ4n) is 2.24. The van der Waals surface area contributed by atoms with Crippen molar-refractivity contribution in [2.75, 3.05) is 0 Å². The average Bonchev–Trinajstić information content (AvgIpc) is 2.35. The Balaban J connectivity index is 2.61. The molecular weight excluding hydrogens is 208 g/mol. The van der Waals surface area contributed by atoms with Gasteiger partial charge in [-0.05, 0) is 42.5 Å². The number of carbonyl (C=O) groups excluding carboxylic acids is 1. The SMILES string of the molecule is C=CC1=C(C)CCc2ccccc2C=C1C=O. The van der Waals surface area contributed by atoms with Gasteiger partial charge in [0.25, 0.3) is 0 Å². The predicted octanol–water partition coefficient (Wildman–Crippen LogP) is 3.72. The fraction of sp³-hybridized carbons (Fsp3) is 0.188. The predicted molar refractivity (Wildman–Crippen MR) is 71.7 cm³/mol. The largest absolute Gasteiger partial charge is 0.298 e. The summed E-state index contributed by atoms with van der Waals surface area (Å²) in [7, 11) is 0. The van der Waals surface area contributed by atoms with Crippen molar-refractivity contribution in [1.82, 2.24) is 0 Å². The number of benzene rings is 1. The maximum atomic E-state index is 11.2. The Morgan fingerprint density at radius 2 is 2.00 bits per heavy atom. The first-order valence-corrected chi connectivity index (χ1v) is 5.83. The maximum absolute atomic E-state index is 11.2. The summed E-state index contributed by atoms with van der Waals surface area (Å²) in [4.78, 5) is 11.2. The van der Waals surface area contributed by atoms with Crippen LogP contribution in [0.1, 0.15) is 24.5 Å². The second kappa shape index (κ2) is 4.96. The van der Waals surface area contributed by atoms with Gasteiger partial charge in [0, 0.05) is 5.57 Å². The van der Waals surface area contributed by atoms with E-state index < -0.39 is 0 Å². The molecule has 0 saturated heterocycles. The van der Waals surface area contributed by atoms with Gasteiger partial charge in [-0.2, -0.15) is 0 Å². The van der Waals surface area contributed by atoms with Crippen molar-refractivity contribution < 1.29 is 4.79 Å². The summed E-state index contributed by atoms with van der Waals surface area (Å²) in [5.74, 6) is 0. The van der Waals surface area contributed by atoms with E-state index in [0.717, 1.165) is 35.8 Å². The van der Waals surface area contributed by atoms with Crippen LogP contribution in [0.15, 0.2) is 53.6 Å². The molecule has 86 valence electrons. The Bertz CT molecular complexity index is 518. The van der Waals surface area contributed by atoms with Crippen LogP contribution in [-0.4, -0.2) is 6.29 Å². The van der Waals surface area contributed by atoms with E-state index in [-0.39, 0.29) is 0 Å². The Kier molecular flexibility index (Phi) is 3.38. The molecule has 0 saturated carbocycles. The minimum absolute atomic E-state index is 0.727. The normalized spacial score (nSPS) is 15.5. The van der Waals surface area contributed by atoms with E-state index in [1.54, 1.807) is 6.08 Å². The highest BCUT2D eigenvalue weighted by atomic mass is 16.1. The molecule has 0 heterocycles. The zero-order chi connectivity index (χ0) is 12.3. The van der Waals surface area contributed by atoms with Gasteiger partial charge in [0.05, 0.1) is 0 Å². The van der Waals surface area contributed by atoms with Gasteiger partial charge in [0.15, 0.2) is 6.29 Å². The van der Waals surface area contributed by atoms with Crippen LogP contribution in [0.3, 0.4) is 0 Å². The summed E-state index contributed by atoms with van der Waals surface area (Å²) >= 11 is 0. The fourth-order valence-corrected chi connectivity index (χ4v) is 2.24. The van der Waals surface area contributed by atoms with Crippen LogP contribution >= 0.6 is 0 Å². The molecule has 0 aromatic heterocycles. The van der Waals surface area contributed by atoms with E-state index in [1.807, 2.05) is 18.2 Å². The highest BCUT2D eigenvalue weighted by Gasteiger charge is 2.11. The van der Waals surface area contributed by atoms with Gasteiger partial charge in [0.2, 0.25) is 0 Å². The lowest BCUT2D eigenvalue weighted by Gasteiger charge is -2.14. The second-order valence-corrected chi connectivity index (χ2v) is 4.31. The van der Waals surface area contributed by atoms with Gasteiger partial charge < -0.3 is 0 Å². The topological polar surface area (TPSA) is 17.1 Å². The van der Waals surface area contributed by atoms with Crippen LogP contribution in [0.2, 0.25) is 0 Å². The molecule has 0 N–H and O–H groups in total. The first-order valence-electron chi connectivity index (χ1n) is 5.83. The van der Waals surface area contributed by atoms with E-state index in [1.165, 1.54) is 11.1 Å². The number of allylic oxidation sites excluding steroid dienone is 4. The summed E-state index contributed by atoms with van der Waals surface area (Å²) in [5, 5.41) is 0. The molecule has 0 unspecified atom stereocenters. The minimum Gasteiger partial charge on any atom is -0.298 e. The molecule has 1 aliphatic rings. The van der Waals surface area contributed by atoms with Gasteiger partial charge in [-0.1, -0.05) is 42.5 Å². The third kappa shape index (κ3) is 2.28. The van der Waals surface area contributed by atoms with Crippen molar-refractivity contribution in [3.05, 3.63) is 64.8 Å². The highest BCUT2D eigenvalue weighted by Crippen LogP contribution is 2.26. The number of hydrogen-bond acceptors (Lipinski definition) is 1. The first kappa shape index (κ1) is 11.6. The smallest absolute Gasteiger partial charge is 0.150 e. The van der Waals surface area contributed by atoms with Crippen molar-refractivity contribution in [3.63, 3.8) is 0 Å². The summed E-state index contributed by atoms with van der Waals surface area (Å²) in [6.07, 6.45) is 6.65. The number of carbonyl (C=O) groups is 1. The van der Waals surface area contributed by atoms with Gasteiger partial charge in [-0.3, -0.25) is 4.79 Å². The minimum atomic E-state index is 0.727. The molecule has 2 rings (SSSR count). The Hall–Kier alpha value is -1.89. The summed E-state index contributed by atoms with van der Waals surface area (Å²) < 4.78 is 0. The molecule has 1 nitrogen and oxygen atoms in total. The zero-order valence-corrected chi connectivity index (χ0v) is 10.1. The lowest BCUT2D eigenvalue weighted by atomic mass is 9.90. The highest BCUT2D eigenvalue weighted by molar-refractivity contribution is 5.90. The Morgan fingerprint density at radius 1 is 1.24 bits per heavy atom. The molecule has 0 aliphatic heterocycles. The quantitative estimate of drug-likeness (QED) is 0.700. The van der Waals surface area contributed by atoms with E-state index >= 15 is 0 Å². The number of hydrogen-bond donors (Lipinski definition) is 0. The van der Waals surface area contributed by atoms with E-state index in [2.05, 4.69) is 25.6 Å². The molecule has 1 aliphatic carbocycles. The van der Waals surface area contributed by atoms with Crippen LogP contribution in [0.5, 0.6) is 0 Å². The Labute approximate surface area is 102 Å². The lowest BCUT2D eigenvalue weighted by molar-refractivity contribution is -0.104. The molecule has 0 amide bonds. The molecule has 0 bridgehead atoms. The molecule has 17 heavy (non-hydrogen) atoms. The monoisotopic (exact) mass is 224 g/mol.